The zero-order valence-corrected chi connectivity index (χ0v) is 21.9. The molecule has 0 aliphatic heterocycles. The van der Waals surface area contributed by atoms with E-state index in [-0.39, 0.29) is 16.9 Å². The predicted octanol–water partition coefficient (Wildman–Crippen LogP) is 4.56. The number of aryl methyl sites for hydroxylation is 1. The van der Waals surface area contributed by atoms with E-state index in [1.54, 1.807) is 18.3 Å². The summed E-state index contributed by atoms with van der Waals surface area (Å²) < 4.78 is 46.0. The normalized spacial score (nSPS) is 11.7. The summed E-state index contributed by atoms with van der Waals surface area (Å²) in [7, 11) is -0.738. The first-order chi connectivity index (χ1) is 18.1. The molecule has 1 amide bonds. The van der Waals surface area contributed by atoms with Gasteiger partial charge in [0.25, 0.3) is 5.91 Å². The number of halogens is 1. The van der Waals surface area contributed by atoms with Crippen molar-refractivity contribution in [2.24, 2.45) is 0 Å². The van der Waals surface area contributed by atoms with Crippen LogP contribution in [-0.2, 0) is 16.4 Å². The lowest BCUT2D eigenvalue weighted by atomic mass is 10.00. The second-order valence-corrected chi connectivity index (χ2v) is 10.8. The van der Waals surface area contributed by atoms with Crippen molar-refractivity contribution in [1.82, 2.24) is 20.3 Å². The molecule has 0 aliphatic rings. The molecule has 0 aliphatic carbocycles. The van der Waals surface area contributed by atoms with Crippen molar-refractivity contribution in [2.75, 3.05) is 24.7 Å². The minimum atomic E-state index is -3.67. The van der Waals surface area contributed by atoms with Crippen LogP contribution in [-0.4, -0.2) is 49.6 Å². The average Bonchev–Trinajstić information content (AvgIpc) is 3.29. The lowest BCUT2D eigenvalue weighted by Crippen LogP contribution is -2.25. The largest absolute Gasteiger partial charge is 0.455 e. The third kappa shape index (κ3) is 4.34. The van der Waals surface area contributed by atoms with Crippen LogP contribution in [0.4, 0.5) is 10.1 Å². The van der Waals surface area contributed by atoms with Crippen LogP contribution in [0, 0.1) is 5.82 Å². The number of anilines is 1. The summed E-state index contributed by atoms with van der Waals surface area (Å²) >= 11 is 0. The SMILES string of the molecule is CCc1ncnc2cnc(-c3cc4c(C(=O)NC)c(-c5ccc(F)cc5)oc4cc3N(C)S(C)(=O)=O)cc12. The number of sulfonamides is 1. The van der Waals surface area contributed by atoms with Crippen LogP contribution >= 0.6 is 0 Å². The molecule has 1 N–H and O–H groups in total. The van der Waals surface area contributed by atoms with Gasteiger partial charge >= 0.3 is 0 Å². The van der Waals surface area contributed by atoms with Gasteiger partial charge in [-0.15, -0.1) is 0 Å². The summed E-state index contributed by atoms with van der Waals surface area (Å²) in [6.45, 7) is 1.98. The molecule has 11 heteroatoms. The highest BCUT2D eigenvalue weighted by atomic mass is 32.2. The summed E-state index contributed by atoms with van der Waals surface area (Å²) in [6.07, 6.45) is 4.86. The number of furan rings is 1. The number of pyridine rings is 1. The number of hydrogen-bond acceptors (Lipinski definition) is 7. The van der Waals surface area contributed by atoms with Crippen LogP contribution in [0.15, 0.2) is 59.4 Å². The van der Waals surface area contributed by atoms with Crippen LogP contribution in [0.1, 0.15) is 23.0 Å². The Hall–Kier alpha value is -4.38. The first kappa shape index (κ1) is 25.3. The maximum atomic E-state index is 13.6. The Kier molecular flexibility index (Phi) is 6.31. The van der Waals surface area contributed by atoms with Gasteiger partial charge in [0.2, 0.25) is 10.0 Å². The first-order valence-corrected chi connectivity index (χ1v) is 13.6. The van der Waals surface area contributed by atoms with Gasteiger partial charge in [-0.2, -0.15) is 0 Å². The van der Waals surface area contributed by atoms with Crippen LogP contribution < -0.4 is 9.62 Å². The molecule has 0 fully saturated rings. The maximum Gasteiger partial charge on any atom is 0.255 e. The van der Waals surface area contributed by atoms with E-state index in [1.807, 2.05) is 13.0 Å². The number of fused-ring (bicyclic) bond motifs is 2. The minimum Gasteiger partial charge on any atom is -0.455 e. The van der Waals surface area contributed by atoms with E-state index in [2.05, 4.69) is 20.3 Å². The molecule has 0 spiro atoms. The van der Waals surface area contributed by atoms with Crippen molar-refractivity contribution >= 4 is 43.5 Å². The summed E-state index contributed by atoms with van der Waals surface area (Å²) in [5.74, 6) is -0.604. The van der Waals surface area contributed by atoms with E-state index in [4.69, 9.17) is 4.42 Å². The molecule has 0 saturated carbocycles. The molecule has 38 heavy (non-hydrogen) atoms. The van der Waals surface area contributed by atoms with Crippen LogP contribution in [0.5, 0.6) is 0 Å². The second kappa shape index (κ2) is 9.49. The van der Waals surface area contributed by atoms with Crippen molar-refractivity contribution in [2.45, 2.75) is 13.3 Å². The number of nitrogens with one attached hydrogen (secondary N) is 1. The molecule has 9 nitrogen and oxygen atoms in total. The number of carbonyl (C=O) groups is 1. The number of aromatic nitrogens is 3. The Morgan fingerprint density at radius 3 is 2.47 bits per heavy atom. The molecule has 5 rings (SSSR count). The average molecular weight is 534 g/mol. The molecule has 2 aromatic carbocycles. The predicted molar refractivity (Wildman–Crippen MR) is 144 cm³/mol. The molecular formula is C27H24FN5O4S. The zero-order chi connectivity index (χ0) is 27.2. The van der Waals surface area contributed by atoms with Crippen molar-refractivity contribution in [3.05, 3.63) is 72.1 Å². The van der Waals surface area contributed by atoms with Gasteiger partial charge in [-0.25, -0.2) is 22.8 Å². The van der Waals surface area contributed by atoms with E-state index in [9.17, 15) is 17.6 Å². The van der Waals surface area contributed by atoms with Gasteiger partial charge in [0.1, 0.15) is 23.5 Å². The van der Waals surface area contributed by atoms with Crippen molar-refractivity contribution < 1.29 is 22.0 Å². The van der Waals surface area contributed by atoms with E-state index in [1.165, 1.54) is 44.7 Å². The number of rotatable bonds is 6. The molecule has 0 saturated heterocycles. The monoisotopic (exact) mass is 533 g/mol. The molecular weight excluding hydrogens is 509 g/mol. The molecule has 0 atom stereocenters. The summed E-state index contributed by atoms with van der Waals surface area (Å²) in [5, 5.41) is 3.87. The fourth-order valence-electron chi connectivity index (χ4n) is 4.37. The summed E-state index contributed by atoms with van der Waals surface area (Å²) in [5.41, 5.74) is 3.76. The zero-order valence-electron chi connectivity index (χ0n) is 21.1. The third-order valence-electron chi connectivity index (χ3n) is 6.42. The van der Waals surface area contributed by atoms with E-state index in [0.717, 1.165) is 21.6 Å². The van der Waals surface area contributed by atoms with Gasteiger partial charge < -0.3 is 9.73 Å². The molecule has 194 valence electrons. The van der Waals surface area contributed by atoms with E-state index < -0.39 is 21.7 Å². The Morgan fingerprint density at radius 1 is 1.08 bits per heavy atom. The smallest absolute Gasteiger partial charge is 0.255 e. The Morgan fingerprint density at radius 2 is 1.82 bits per heavy atom. The quantitative estimate of drug-likeness (QED) is 0.340. The van der Waals surface area contributed by atoms with Gasteiger partial charge in [-0.05, 0) is 42.8 Å². The molecule has 0 bridgehead atoms. The van der Waals surface area contributed by atoms with Crippen LogP contribution in [0.3, 0.4) is 0 Å². The van der Waals surface area contributed by atoms with Gasteiger partial charge in [0.15, 0.2) is 0 Å². The van der Waals surface area contributed by atoms with Crippen molar-refractivity contribution in [3.8, 4) is 22.6 Å². The maximum absolute atomic E-state index is 13.6. The highest BCUT2D eigenvalue weighted by molar-refractivity contribution is 7.92. The number of nitrogens with zero attached hydrogens (tertiary/aromatic N) is 4. The molecule has 5 aromatic rings. The number of amides is 1. The lowest BCUT2D eigenvalue weighted by molar-refractivity contribution is 0.0964. The standard InChI is InChI=1S/C27H24FN5O4S/c1-5-20-17-11-21(30-13-22(17)32-14-31-20)18-10-19-24(12-23(18)33(3)38(4,35)36)37-26(25(19)27(34)29-2)15-6-8-16(28)9-7-15/h6-14H,5H2,1-4H3,(H,29,34). The summed E-state index contributed by atoms with van der Waals surface area (Å²) in [6, 6.07) is 10.7. The molecule has 3 aromatic heterocycles. The Balaban J connectivity index is 1.85. The molecule has 3 heterocycles. The number of benzene rings is 2. The van der Waals surface area contributed by atoms with Gasteiger partial charge in [0, 0.05) is 42.1 Å². The first-order valence-electron chi connectivity index (χ1n) is 11.7. The van der Waals surface area contributed by atoms with Crippen LogP contribution in [0.2, 0.25) is 0 Å². The van der Waals surface area contributed by atoms with Crippen LogP contribution in [0.25, 0.3) is 44.5 Å². The Bertz CT molecular complexity index is 1820. The molecule has 0 radical (unpaired) electrons. The fraction of sp³-hybridized carbons (Fsp3) is 0.185. The number of carbonyl (C=O) groups excluding carboxylic acids is 1. The van der Waals surface area contributed by atoms with E-state index in [0.29, 0.717) is 39.8 Å². The highest BCUT2D eigenvalue weighted by Gasteiger charge is 2.26. The Labute approximate surface area is 218 Å². The molecule has 0 unspecified atom stereocenters. The van der Waals surface area contributed by atoms with Gasteiger partial charge in [-0.3, -0.25) is 14.1 Å². The third-order valence-corrected chi connectivity index (χ3v) is 7.61. The number of hydrogen-bond donors (Lipinski definition) is 1. The van der Waals surface area contributed by atoms with E-state index >= 15 is 0 Å². The van der Waals surface area contributed by atoms with Gasteiger partial charge in [0.05, 0.1) is 40.6 Å². The van der Waals surface area contributed by atoms with Crippen molar-refractivity contribution in [3.63, 3.8) is 0 Å². The van der Waals surface area contributed by atoms with Crippen molar-refractivity contribution in [1.29, 1.82) is 0 Å². The fourth-order valence-corrected chi connectivity index (χ4v) is 4.88. The highest BCUT2D eigenvalue weighted by Crippen LogP contribution is 2.41. The minimum absolute atomic E-state index is 0.234. The summed E-state index contributed by atoms with van der Waals surface area (Å²) in [4.78, 5) is 26.3. The van der Waals surface area contributed by atoms with Gasteiger partial charge in [-0.1, -0.05) is 6.92 Å². The lowest BCUT2D eigenvalue weighted by Gasteiger charge is -2.20. The topological polar surface area (TPSA) is 118 Å². The second-order valence-electron chi connectivity index (χ2n) is 8.75.